The van der Waals surface area contributed by atoms with Crippen LogP contribution in [-0.2, 0) is 17.9 Å². The van der Waals surface area contributed by atoms with Crippen LogP contribution in [0.5, 0.6) is 0 Å². The average molecular weight is 351 g/mol. The Balaban J connectivity index is 1.43. The third-order valence-corrected chi connectivity index (χ3v) is 4.91. The molecule has 0 spiro atoms. The number of nitrogens with one attached hydrogen (secondary N) is 1. The SMILES string of the molecule is NC(=O)c1ccc(CN2CCC(C(=O)NCc3ccccc3)CC2)cc1. The first-order valence-corrected chi connectivity index (χ1v) is 9.04. The van der Waals surface area contributed by atoms with Crippen LogP contribution < -0.4 is 11.1 Å². The number of hydrogen-bond donors (Lipinski definition) is 2. The van der Waals surface area contributed by atoms with E-state index in [0.717, 1.165) is 43.6 Å². The molecule has 1 saturated heterocycles. The molecule has 0 radical (unpaired) electrons. The fourth-order valence-corrected chi connectivity index (χ4v) is 3.32. The number of carbonyl (C=O) groups is 2. The van der Waals surface area contributed by atoms with Gasteiger partial charge in [-0.2, -0.15) is 0 Å². The number of nitrogens with zero attached hydrogens (tertiary/aromatic N) is 1. The lowest BCUT2D eigenvalue weighted by Crippen LogP contribution is -2.40. The maximum atomic E-state index is 12.4. The van der Waals surface area contributed by atoms with Crippen molar-refractivity contribution in [1.82, 2.24) is 10.2 Å². The van der Waals surface area contributed by atoms with E-state index in [1.54, 1.807) is 12.1 Å². The second-order valence-corrected chi connectivity index (χ2v) is 6.81. The van der Waals surface area contributed by atoms with E-state index in [-0.39, 0.29) is 11.8 Å². The number of amides is 2. The van der Waals surface area contributed by atoms with Gasteiger partial charge in [0.1, 0.15) is 0 Å². The van der Waals surface area contributed by atoms with E-state index in [1.807, 2.05) is 42.5 Å². The normalized spacial score (nSPS) is 15.5. The Kier molecular flexibility index (Phi) is 6.02. The van der Waals surface area contributed by atoms with Gasteiger partial charge in [-0.15, -0.1) is 0 Å². The lowest BCUT2D eigenvalue weighted by atomic mass is 9.95. The van der Waals surface area contributed by atoms with E-state index in [1.165, 1.54) is 0 Å². The van der Waals surface area contributed by atoms with Crippen LogP contribution in [0.2, 0.25) is 0 Å². The van der Waals surface area contributed by atoms with Gasteiger partial charge < -0.3 is 11.1 Å². The standard InChI is InChI=1S/C21H25N3O2/c22-20(25)18-8-6-17(7-9-18)15-24-12-10-19(11-13-24)21(26)23-14-16-4-2-1-3-5-16/h1-9,19H,10-15H2,(H2,22,25)(H,23,26). The van der Waals surface area contributed by atoms with Crippen molar-refractivity contribution in [2.24, 2.45) is 11.7 Å². The predicted molar refractivity (Wildman–Crippen MR) is 101 cm³/mol. The Labute approximate surface area is 154 Å². The first-order valence-electron chi connectivity index (χ1n) is 9.04. The predicted octanol–water partition coefficient (Wildman–Crippen LogP) is 2.31. The molecule has 3 N–H and O–H groups in total. The van der Waals surface area contributed by atoms with Crippen molar-refractivity contribution in [3.63, 3.8) is 0 Å². The number of nitrogens with two attached hydrogens (primary N) is 1. The minimum atomic E-state index is -0.404. The van der Waals surface area contributed by atoms with E-state index in [9.17, 15) is 9.59 Å². The third kappa shape index (κ3) is 4.92. The van der Waals surface area contributed by atoms with Crippen molar-refractivity contribution >= 4 is 11.8 Å². The summed E-state index contributed by atoms with van der Waals surface area (Å²) < 4.78 is 0. The van der Waals surface area contributed by atoms with E-state index < -0.39 is 5.91 Å². The first kappa shape index (κ1) is 18.1. The lowest BCUT2D eigenvalue weighted by molar-refractivity contribution is -0.126. The van der Waals surface area contributed by atoms with Gasteiger partial charge in [-0.25, -0.2) is 0 Å². The zero-order chi connectivity index (χ0) is 18.4. The molecule has 136 valence electrons. The number of piperidine rings is 1. The third-order valence-electron chi connectivity index (χ3n) is 4.91. The summed E-state index contributed by atoms with van der Waals surface area (Å²) in [7, 11) is 0. The molecule has 0 unspecified atom stereocenters. The first-order chi connectivity index (χ1) is 12.6. The van der Waals surface area contributed by atoms with Gasteiger partial charge in [0.25, 0.3) is 0 Å². The second-order valence-electron chi connectivity index (χ2n) is 6.81. The van der Waals surface area contributed by atoms with E-state index in [0.29, 0.717) is 12.1 Å². The van der Waals surface area contributed by atoms with Crippen molar-refractivity contribution < 1.29 is 9.59 Å². The molecule has 1 aliphatic rings. The van der Waals surface area contributed by atoms with Gasteiger partial charge in [-0.05, 0) is 49.2 Å². The van der Waals surface area contributed by atoms with Crippen LogP contribution in [0.1, 0.15) is 34.3 Å². The Bertz CT molecular complexity index is 736. The largest absolute Gasteiger partial charge is 0.366 e. The molecule has 1 fully saturated rings. The van der Waals surface area contributed by atoms with Crippen molar-refractivity contribution in [3.8, 4) is 0 Å². The molecule has 2 amide bonds. The summed E-state index contributed by atoms with van der Waals surface area (Å²) in [4.78, 5) is 25.8. The maximum absolute atomic E-state index is 12.4. The topological polar surface area (TPSA) is 75.4 Å². The highest BCUT2D eigenvalue weighted by molar-refractivity contribution is 5.92. The fraction of sp³-hybridized carbons (Fsp3) is 0.333. The van der Waals surface area contributed by atoms with Crippen molar-refractivity contribution in [1.29, 1.82) is 0 Å². The van der Waals surface area contributed by atoms with Crippen molar-refractivity contribution in [2.75, 3.05) is 13.1 Å². The summed E-state index contributed by atoms with van der Waals surface area (Å²) in [6, 6.07) is 17.4. The van der Waals surface area contributed by atoms with Crippen LogP contribution in [0.25, 0.3) is 0 Å². The number of benzene rings is 2. The maximum Gasteiger partial charge on any atom is 0.248 e. The smallest absolute Gasteiger partial charge is 0.248 e. The van der Waals surface area contributed by atoms with Gasteiger partial charge in [0.05, 0.1) is 0 Å². The summed E-state index contributed by atoms with van der Waals surface area (Å²) in [6.45, 7) is 3.23. The zero-order valence-electron chi connectivity index (χ0n) is 14.9. The Morgan fingerprint density at radius 3 is 2.23 bits per heavy atom. The van der Waals surface area contributed by atoms with Crippen LogP contribution in [0, 0.1) is 5.92 Å². The van der Waals surface area contributed by atoms with E-state index >= 15 is 0 Å². The fourth-order valence-electron chi connectivity index (χ4n) is 3.32. The molecule has 5 nitrogen and oxygen atoms in total. The van der Waals surface area contributed by atoms with Crippen molar-refractivity contribution in [3.05, 3.63) is 71.3 Å². The van der Waals surface area contributed by atoms with Crippen LogP contribution in [0.15, 0.2) is 54.6 Å². The summed E-state index contributed by atoms with van der Waals surface area (Å²) >= 11 is 0. The minimum Gasteiger partial charge on any atom is -0.366 e. The monoisotopic (exact) mass is 351 g/mol. The molecule has 3 rings (SSSR count). The molecular formula is C21H25N3O2. The highest BCUT2D eigenvalue weighted by Gasteiger charge is 2.24. The quantitative estimate of drug-likeness (QED) is 0.839. The molecule has 5 heteroatoms. The van der Waals surface area contributed by atoms with Gasteiger partial charge in [0, 0.05) is 24.6 Å². The number of likely N-dealkylation sites (tertiary alicyclic amines) is 1. The van der Waals surface area contributed by atoms with Crippen LogP contribution >= 0.6 is 0 Å². The Morgan fingerprint density at radius 1 is 0.962 bits per heavy atom. The highest BCUT2D eigenvalue weighted by atomic mass is 16.2. The summed E-state index contributed by atoms with van der Waals surface area (Å²) in [5.41, 5.74) is 8.07. The van der Waals surface area contributed by atoms with Gasteiger partial charge in [0.2, 0.25) is 11.8 Å². The zero-order valence-corrected chi connectivity index (χ0v) is 14.9. The average Bonchev–Trinajstić information content (AvgIpc) is 2.68. The highest BCUT2D eigenvalue weighted by Crippen LogP contribution is 2.19. The molecule has 0 bridgehead atoms. The number of hydrogen-bond acceptors (Lipinski definition) is 3. The Hall–Kier alpha value is -2.66. The van der Waals surface area contributed by atoms with Crippen LogP contribution in [0.4, 0.5) is 0 Å². The van der Waals surface area contributed by atoms with Crippen LogP contribution in [0.3, 0.4) is 0 Å². The van der Waals surface area contributed by atoms with Crippen molar-refractivity contribution in [2.45, 2.75) is 25.9 Å². The summed E-state index contributed by atoms with van der Waals surface area (Å²) in [6.07, 6.45) is 1.75. The van der Waals surface area contributed by atoms with Gasteiger partial charge in [-0.3, -0.25) is 14.5 Å². The molecule has 2 aromatic carbocycles. The molecule has 1 heterocycles. The molecule has 0 aliphatic carbocycles. The summed E-state index contributed by atoms with van der Waals surface area (Å²) in [5, 5.41) is 3.05. The van der Waals surface area contributed by atoms with Crippen LogP contribution in [-0.4, -0.2) is 29.8 Å². The summed E-state index contributed by atoms with van der Waals surface area (Å²) in [5.74, 6) is -0.162. The lowest BCUT2D eigenvalue weighted by Gasteiger charge is -2.31. The molecule has 2 aromatic rings. The number of rotatable bonds is 6. The Morgan fingerprint density at radius 2 is 1.62 bits per heavy atom. The molecule has 26 heavy (non-hydrogen) atoms. The van der Waals surface area contributed by atoms with Gasteiger partial charge >= 0.3 is 0 Å². The molecule has 1 aliphatic heterocycles. The molecule has 0 atom stereocenters. The van der Waals surface area contributed by atoms with E-state index in [4.69, 9.17) is 5.73 Å². The van der Waals surface area contributed by atoms with E-state index in [2.05, 4.69) is 10.2 Å². The molecular weight excluding hydrogens is 326 g/mol. The van der Waals surface area contributed by atoms with Gasteiger partial charge in [0.15, 0.2) is 0 Å². The van der Waals surface area contributed by atoms with Gasteiger partial charge in [-0.1, -0.05) is 42.5 Å². The minimum absolute atomic E-state index is 0.0900. The molecule has 0 aromatic heterocycles. The number of primary amides is 1. The molecule has 0 saturated carbocycles. The second kappa shape index (κ2) is 8.63. The number of carbonyl (C=O) groups excluding carboxylic acids is 2.